The number of nitrogens with zero attached hydrogens (tertiary/aromatic N) is 7. The molecule has 9 nitrogen and oxygen atoms in total. The van der Waals surface area contributed by atoms with E-state index in [4.69, 9.17) is 34.5 Å². The Morgan fingerprint density at radius 2 is 1.76 bits per heavy atom. The summed E-state index contributed by atoms with van der Waals surface area (Å²) in [4.78, 5) is 18.9. The van der Waals surface area contributed by atoms with Gasteiger partial charge in [0.05, 0.1) is 11.8 Å². The molecule has 0 radical (unpaired) electrons. The van der Waals surface area contributed by atoms with Crippen LogP contribution in [0.2, 0.25) is 5.02 Å². The number of likely N-dealkylation sites (N-methyl/N-ethyl adjacent to an activating group) is 1. The molecule has 3 N–H and O–H groups in total. The number of rotatable bonds is 6. The molecule has 2 aliphatic heterocycles. The van der Waals surface area contributed by atoms with E-state index in [0.29, 0.717) is 0 Å². The molecule has 2 fully saturated rings. The third-order valence-corrected chi connectivity index (χ3v) is 6.28. The Kier molecular flexibility index (Phi) is 7.92. The molecule has 0 amide bonds. The van der Waals surface area contributed by atoms with Gasteiger partial charge in [0.1, 0.15) is 5.82 Å². The van der Waals surface area contributed by atoms with Crippen LogP contribution in [0.3, 0.4) is 0 Å². The zero-order valence-corrected chi connectivity index (χ0v) is 20.4. The van der Waals surface area contributed by atoms with E-state index in [9.17, 15) is 0 Å². The molecule has 0 spiro atoms. The van der Waals surface area contributed by atoms with Crippen molar-refractivity contribution in [1.29, 1.82) is 0 Å². The summed E-state index contributed by atoms with van der Waals surface area (Å²) in [6.45, 7) is 8.39. The Balaban J connectivity index is 1.45. The summed E-state index contributed by atoms with van der Waals surface area (Å²) in [5.74, 6) is 1.65. The van der Waals surface area contributed by atoms with Gasteiger partial charge in [0, 0.05) is 70.1 Å². The fraction of sp³-hybridized carbons (Fsp3) is 0.455. The lowest BCUT2D eigenvalue weighted by atomic mass is 10.2. The summed E-state index contributed by atoms with van der Waals surface area (Å²) < 4.78 is 0. The minimum atomic E-state index is 0.126. The van der Waals surface area contributed by atoms with Crippen molar-refractivity contribution in [3.05, 3.63) is 46.6 Å². The van der Waals surface area contributed by atoms with Gasteiger partial charge in [0.25, 0.3) is 0 Å². The van der Waals surface area contributed by atoms with Crippen LogP contribution in [0.4, 0.5) is 11.8 Å². The summed E-state index contributed by atoms with van der Waals surface area (Å²) >= 11 is 10.8. The zero-order valence-electron chi connectivity index (χ0n) is 18.8. The topological polar surface area (TPSA) is 89.2 Å². The van der Waals surface area contributed by atoms with Crippen LogP contribution in [0.25, 0.3) is 0 Å². The number of piperazine rings is 2. The minimum absolute atomic E-state index is 0.126. The van der Waals surface area contributed by atoms with Crippen molar-refractivity contribution < 1.29 is 0 Å². The van der Waals surface area contributed by atoms with Gasteiger partial charge in [-0.05, 0) is 37.0 Å². The van der Waals surface area contributed by atoms with Crippen LogP contribution >= 0.6 is 23.8 Å². The van der Waals surface area contributed by atoms with E-state index < -0.39 is 0 Å². The van der Waals surface area contributed by atoms with E-state index in [-0.39, 0.29) is 5.11 Å². The van der Waals surface area contributed by atoms with E-state index in [1.165, 1.54) is 5.56 Å². The average molecular weight is 488 g/mol. The molecule has 33 heavy (non-hydrogen) atoms. The third kappa shape index (κ3) is 6.50. The number of thiocarbonyl (C=S) groups is 1. The molecular weight excluding hydrogens is 458 g/mol. The molecule has 3 heterocycles. The molecule has 4 rings (SSSR count). The Bertz CT molecular complexity index is 968. The van der Waals surface area contributed by atoms with Gasteiger partial charge in [-0.15, -0.1) is 0 Å². The fourth-order valence-corrected chi connectivity index (χ4v) is 4.19. The largest absolute Gasteiger partial charge is 0.375 e. The number of hydrogen-bond donors (Lipinski definition) is 2. The van der Waals surface area contributed by atoms with Crippen molar-refractivity contribution in [3.8, 4) is 0 Å². The predicted octanol–water partition coefficient (Wildman–Crippen LogP) is 1.37. The lowest BCUT2D eigenvalue weighted by Gasteiger charge is -2.36. The van der Waals surface area contributed by atoms with E-state index in [2.05, 4.69) is 54.3 Å². The SMILES string of the molecule is CN1CCN(c2nc(N3CCN(Cc4ccc(Cl)cc4)CC3)ncc2/C=N/NC(N)=S)CC1. The second-order valence-electron chi connectivity index (χ2n) is 8.36. The van der Waals surface area contributed by atoms with Crippen LogP contribution in [0.15, 0.2) is 35.6 Å². The summed E-state index contributed by atoms with van der Waals surface area (Å²) in [6, 6.07) is 8.07. The number of benzene rings is 1. The quantitative estimate of drug-likeness (QED) is 0.356. The molecule has 11 heteroatoms. The van der Waals surface area contributed by atoms with Gasteiger partial charge in [-0.2, -0.15) is 10.1 Å². The molecule has 1 aromatic carbocycles. The van der Waals surface area contributed by atoms with Crippen molar-refractivity contribution in [3.63, 3.8) is 0 Å². The van der Waals surface area contributed by atoms with Crippen LogP contribution in [0.1, 0.15) is 11.1 Å². The zero-order chi connectivity index (χ0) is 23.2. The van der Waals surface area contributed by atoms with Crippen molar-refractivity contribution in [2.45, 2.75) is 6.54 Å². The lowest BCUT2D eigenvalue weighted by Crippen LogP contribution is -2.47. The van der Waals surface area contributed by atoms with E-state index in [0.717, 1.165) is 81.3 Å². The first-order valence-electron chi connectivity index (χ1n) is 11.1. The van der Waals surface area contributed by atoms with E-state index in [1.54, 1.807) is 6.21 Å². The first kappa shape index (κ1) is 23.6. The van der Waals surface area contributed by atoms with Crippen LogP contribution in [0.5, 0.6) is 0 Å². The number of halogens is 1. The highest BCUT2D eigenvalue weighted by Gasteiger charge is 2.23. The lowest BCUT2D eigenvalue weighted by molar-refractivity contribution is 0.248. The van der Waals surface area contributed by atoms with Gasteiger partial charge in [0.15, 0.2) is 5.11 Å². The van der Waals surface area contributed by atoms with Crippen molar-refractivity contribution in [1.82, 2.24) is 25.2 Å². The molecule has 0 atom stereocenters. The first-order chi connectivity index (χ1) is 16.0. The predicted molar refractivity (Wildman–Crippen MR) is 138 cm³/mol. The number of hydrazone groups is 1. The molecule has 176 valence electrons. The monoisotopic (exact) mass is 487 g/mol. The Morgan fingerprint density at radius 3 is 2.42 bits per heavy atom. The van der Waals surface area contributed by atoms with Gasteiger partial charge in [0.2, 0.25) is 5.95 Å². The summed E-state index contributed by atoms with van der Waals surface area (Å²) in [6.07, 6.45) is 3.52. The second-order valence-corrected chi connectivity index (χ2v) is 9.24. The Labute approximate surface area is 205 Å². The standard InChI is InChI=1S/C22H30ClN9S/c1-29-6-10-31(11-7-29)20-18(15-26-28-21(24)33)14-25-22(27-20)32-12-8-30(9-13-32)16-17-2-4-19(23)5-3-17/h2-5,14-15H,6-13,16H2,1H3,(H3,24,28,33)/b26-15+. The Morgan fingerprint density at radius 1 is 1.09 bits per heavy atom. The number of hydrogen-bond acceptors (Lipinski definition) is 8. The van der Waals surface area contributed by atoms with Crippen molar-refractivity contribution in [2.75, 3.05) is 69.2 Å². The Hall–Kier alpha value is -2.53. The summed E-state index contributed by atoms with van der Waals surface area (Å²) in [5, 5.41) is 5.02. The highest BCUT2D eigenvalue weighted by molar-refractivity contribution is 7.80. The normalized spacial score (nSPS) is 18.1. The van der Waals surface area contributed by atoms with Crippen molar-refractivity contribution in [2.24, 2.45) is 10.8 Å². The van der Waals surface area contributed by atoms with E-state index in [1.807, 2.05) is 18.3 Å². The molecule has 1 aromatic heterocycles. The maximum Gasteiger partial charge on any atom is 0.227 e. The van der Waals surface area contributed by atoms with E-state index >= 15 is 0 Å². The molecule has 0 unspecified atom stereocenters. The van der Waals surface area contributed by atoms with Gasteiger partial charge in [-0.25, -0.2) is 4.98 Å². The molecule has 2 saturated heterocycles. The summed E-state index contributed by atoms with van der Waals surface area (Å²) in [5.41, 5.74) is 10.2. The maximum absolute atomic E-state index is 6.01. The number of anilines is 2. The van der Waals surface area contributed by atoms with Crippen LogP contribution in [-0.4, -0.2) is 90.5 Å². The van der Waals surface area contributed by atoms with Gasteiger partial charge in [-0.1, -0.05) is 23.7 Å². The van der Waals surface area contributed by atoms with Crippen LogP contribution in [0, 0.1) is 0 Å². The van der Waals surface area contributed by atoms with Crippen LogP contribution in [-0.2, 0) is 6.54 Å². The second kappa shape index (κ2) is 11.1. The molecule has 0 aliphatic carbocycles. The summed E-state index contributed by atoms with van der Waals surface area (Å²) in [7, 11) is 2.14. The van der Waals surface area contributed by atoms with Crippen molar-refractivity contribution >= 4 is 46.9 Å². The van der Waals surface area contributed by atoms with Gasteiger partial charge in [-0.3, -0.25) is 10.3 Å². The molecule has 0 bridgehead atoms. The molecule has 2 aromatic rings. The number of aromatic nitrogens is 2. The molecule has 2 aliphatic rings. The average Bonchev–Trinajstić information content (AvgIpc) is 2.82. The highest BCUT2D eigenvalue weighted by Crippen LogP contribution is 2.22. The van der Waals surface area contributed by atoms with Gasteiger partial charge < -0.3 is 20.4 Å². The molecule has 0 saturated carbocycles. The first-order valence-corrected chi connectivity index (χ1v) is 11.9. The highest BCUT2D eigenvalue weighted by atomic mass is 35.5. The maximum atomic E-state index is 6.01. The molecular formula is C22H30ClN9S. The minimum Gasteiger partial charge on any atom is -0.375 e. The van der Waals surface area contributed by atoms with Gasteiger partial charge >= 0.3 is 0 Å². The number of nitrogens with one attached hydrogen (secondary N) is 1. The number of nitrogens with two attached hydrogens (primary N) is 1. The third-order valence-electron chi connectivity index (χ3n) is 5.94. The van der Waals surface area contributed by atoms with Crippen LogP contribution < -0.4 is 21.0 Å². The smallest absolute Gasteiger partial charge is 0.227 e. The fourth-order valence-electron chi connectivity index (χ4n) is 4.01.